The van der Waals surface area contributed by atoms with Crippen LogP contribution < -0.4 is 16.2 Å². The molecule has 2 heterocycles. The minimum atomic E-state index is -0.496. The van der Waals surface area contributed by atoms with Crippen molar-refractivity contribution in [1.29, 1.82) is 0 Å². The zero-order chi connectivity index (χ0) is 21.3. The number of likely N-dealkylation sites (tertiary alicyclic amines) is 1. The van der Waals surface area contributed by atoms with Crippen LogP contribution in [-0.2, 0) is 11.3 Å². The first-order chi connectivity index (χ1) is 13.8. The molecule has 0 aliphatic carbocycles. The maximum absolute atomic E-state index is 12.0. The number of nitrogens with one attached hydrogen (secondary N) is 2. The summed E-state index contributed by atoms with van der Waals surface area (Å²) in [6.07, 6.45) is 4.11. The van der Waals surface area contributed by atoms with Crippen molar-refractivity contribution in [2.75, 3.05) is 26.2 Å². The lowest BCUT2D eigenvalue weighted by molar-refractivity contribution is 0.0507. The van der Waals surface area contributed by atoms with Crippen LogP contribution in [0.15, 0.2) is 34.2 Å². The van der Waals surface area contributed by atoms with Crippen LogP contribution in [0, 0.1) is 0 Å². The molecular formula is C21H35N5O3. The predicted molar refractivity (Wildman–Crippen MR) is 115 cm³/mol. The van der Waals surface area contributed by atoms with Crippen LogP contribution in [0.2, 0.25) is 0 Å². The lowest BCUT2D eigenvalue weighted by Crippen LogP contribution is -2.44. The molecule has 1 fully saturated rings. The Morgan fingerprint density at radius 1 is 1.31 bits per heavy atom. The lowest BCUT2D eigenvalue weighted by Gasteiger charge is -2.23. The first kappa shape index (κ1) is 22.8. The highest BCUT2D eigenvalue weighted by molar-refractivity contribution is 5.80. The molecule has 0 bridgehead atoms. The Hall–Kier alpha value is -2.51. The fourth-order valence-electron chi connectivity index (χ4n) is 3.19. The van der Waals surface area contributed by atoms with Crippen molar-refractivity contribution in [2.45, 2.75) is 65.1 Å². The second-order valence-electron chi connectivity index (χ2n) is 8.25. The molecular weight excluding hydrogens is 370 g/mol. The number of aromatic nitrogens is 1. The van der Waals surface area contributed by atoms with Crippen LogP contribution in [0.4, 0.5) is 4.79 Å². The van der Waals surface area contributed by atoms with Crippen LogP contribution in [-0.4, -0.2) is 59.3 Å². The third-order valence-electron chi connectivity index (χ3n) is 4.51. The number of carbonyl (C=O) groups is 1. The molecule has 8 heteroatoms. The fourth-order valence-corrected chi connectivity index (χ4v) is 3.19. The number of aliphatic imine (C=N–C) groups is 1. The van der Waals surface area contributed by atoms with Gasteiger partial charge in [-0.3, -0.25) is 9.79 Å². The van der Waals surface area contributed by atoms with Gasteiger partial charge in [-0.15, -0.1) is 0 Å². The van der Waals surface area contributed by atoms with Crippen molar-refractivity contribution >= 4 is 12.1 Å². The van der Waals surface area contributed by atoms with Crippen molar-refractivity contribution < 1.29 is 9.53 Å². The van der Waals surface area contributed by atoms with Crippen LogP contribution in [0.5, 0.6) is 0 Å². The maximum atomic E-state index is 12.0. The first-order valence-electron chi connectivity index (χ1n) is 10.5. The summed E-state index contributed by atoms with van der Waals surface area (Å²) in [6.45, 7) is 11.4. The van der Waals surface area contributed by atoms with E-state index in [0.717, 1.165) is 38.3 Å². The molecule has 1 saturated heterocycles. The van der Waals surface area contributed by atoms with Gasteiger partial charge in [-0.1, -0.05) is 6.07 Å². The van der Waals surface area contributed by atoms with E-state index < -0.39 is 5.60 Å². The summed E-state index contributed by atoms with van der Waals surface area (Å²) in [4.78, 5) is 30.6. The number of amides is 1. The minimum Gasteiger partial charge on any atom is -0.444 e. The summed E-state index contributed by atoms with van der Waals surface area (Å²) < 4.78 is 7.07. The van der Waals surface area contributed by atoms with Crippen LogP contribution in [0.1, 0.15) is 47.0 Å². The number of aryl methyl sites for hydroxylation is 1. The average molecular weight is 406 g/mol. The molecule has 1 aromatic heterocycles. The Balaban J connectivity index is 1.79. The lowest BCUT2D eigenvalue weighted by atomic mass is 10.2. The summed E-state index contributed by atoms with van der Waals surface area (Å²) in [5.41, 5.74) is -0.464. The minimum absolute atomic E-state index is 0.0323. The van der Waals surface area contributed by atoms with E-state index in [1.54, 1.807) is 16.7 Å². The van der Waals surface area contributed by atoms with E-state index in [0.29, 0.717) is 19.6 Å². The van der Waals surface area contributed by atoms with Gasteiger partial charge < -0.3 is 24.8 Å². The molecule has 2 rings (SSSR count). The third kappa shape index (κ3) is 8.17. The number of nitrogens with zero attached hydrogens (tertiary/aromatic N) is 3. The number of rotatable bonds is 7. The molecule has 1 amide bonds. The Bertz CT molecular complexity index is 738. The molecule has 8 nitrogen and oxygen atoms in total. The molecule has 0 spiro atoms. The van der Waals surface area contributed by atoms with Gasteiger partial charge in [-0.25, -0.2) is 4.79 Å². The number of alkyl carbamates (subject to hydrolysis) is 1. The van der Waals surface area contributed by atoms with Crippen molar-refractivity contribution in [1.82, 2.24) is 20.1 Å². The number of pyridine rings is 1. The van der Waals surface area contributed by atoms with E-state index in [2.05, 4.69) is 15.5 Å². The molecule has 29 heavy (non-hydrogen) atoms. The number of carbonyl (C=O) groups excluding carboxylic acids is 1. The van der Waals surface area contributed by atoms with Crippen molar-refractivity contribution in [3.63, 3.8) is 0 Å². The quantitative estimate of drug-likeness (QED) is 0.412. The van der Waals surface area contributed by atoms with Gasteiger partial charge in [0.1, 0.15) is 5.60 Å². The van der Waals surface area contributed by atoms with Crippen molar-refractivity contribution in [2.24, 2.45) is 4.99 Å². The Morgan fingerprint density at radius 2 is 2.10 bits per heavy atom. The highest BCUT2D eigenvalue weighted by Gasteiger charge is 2.27. The summed E-state index contributed by atoms with van der Waals surface area (Å²) in [5.74, 6) is 0.873. The first-order valence-corrected chi connectivity index (χ1v) is 10.5. The SMILES string of the molecule is CCNC(=NCCCCn1ccccc1=O)N1CCC(NC(=O)OC(C)(C)C)C1. The molecule has 1 aromatic rings. The molecule has 2 N–H and O–H groups in total. The predicted octanol–water partition coefficient (Wildman–Crippen LogP) is 2.19. The van der Waals surface area contributed by atoms with Crippen molar-refractivity contribution in [3.8, 4) is 0 Å². The van der Waals surface area contributed by atoms with E-state index in [1.807, 2.05) is 40.0 Å². The van der Waals surface area contributed by atoms with E-state index in [-0.39, 0.29) is 17.7 Å². The van der Waals surface area contributed by atoms with E-state index in [9.17, 15) is 9.59 Å². The van der Waals surface area contributed by atoms with Gasteiger partial charge in [0.15, 0.2) is 5.96 Å². The maximum Gasteiger partial charge on any atom is 0.407 e. The average Bonchev–Trinajstić information content (AvgIpc) is 3.08. The summed E-state index contributed by atoms with van der Waals surface area (Å²) in [5, 5.41) is 6.28. The Kier molecular flexibility index (Phi) is 8.54. The topological polar surface area (TPSA) is 88.0 Å². The number of hydrogen-bond acceptors (Lipinski definition) is 4. The van der Waals surface area contributed by atoms with Crippen molar-refractivity contribution in [3.05, 3.63) is 34.7 Å². The van der Waals surface area contributed by atoms with Gasteiger partial charge in [0.25, 0.3) is 0 Å². The Labute approximate surface area is 173 Å². The largest absolute Gasteiger partial charge is 0.444 e. The van der Waals surface area contributed by atoms with E-state index >= 15 is 0 Å². The normalized spacial score (nSPS) is 17.3. The number of hydrogen-bond donors (Lipinski definition) is 2. The number of unbranched alkanes of at least 4 members (excludes halogenated alkanes) is 1. The van der Waals surface area contributed by atoms with Gasteiger partial charge in [0, 0.05) is 45.0 Å². The van der Waals surface area contributed by atoms with Gasteiger partial charge in [-0.2, -0.15) is 0 Å². The molecule has 0 aromatic carbocycles. The van der Waals surface area contributed by atoms with E-state index in [1.165, 1.54) is 0 Å². The van der Waals surface area contributed by atoms with Gasteiger partial charge in [0.05, 0.1) is 6.04 Å². The zero-order valence-electron chi connectivity index (χ0n) is 18.1. The highest BCUT2D eigenvalue weighted by Crippen LogP contribution is 2.12. The van der Waals surface area contributed by atoms with E-state index in [4.69, 9.17) is 9.73 Å². The molecule has 1 atom stereocenters. The van der Waals surface area contributed by atoms with Crippen LogP contribution in [0.25, 0.3) is 0 Å². The summed E-state index contributed by atoms with van der Waals surface area (Å²) in [7, 11) is 0. The molecule has 1 aliphatic heterocycles. The Morgan fingerprint density at radius 3 is 2.79 bits per heavy atom. The smallest absolute Gasteiger partial charge is 0.407 e. The molecule has 1 unspecified atom stereocenters. The second-order valence-corrected chi connectivity index (χ2v) is 8.25. The standard InChI is InChI=1S/C21H35N5O3/c1-5-22-19(23-12-7-9-14-25-13-8-6-10-18(25)27)26-15-11-17(16-26)24-20(28)29-21(2,3)4/h6,8,10,13,17H,5,7,9,11-12,14-16H2,1-4H3,(H,22,23)(H,24,28). The van der Waals surface area contributed by atoms with Crippen LogP contribution >= 0.6 is 0 Å². The summed E-state index contributed by atoms with van der Waals surface area (Å²) >= 11 is 0. The summed E-state index contributed by atoms with van der Waals surface area (Å²) in [6, 6.07) is 5.26. The zero-order valence-corrected chi connectivity index (χ0v) is 18.1. The molecule has 162 valence electrons. The number of ether oxygens (including phenoxy) is 1. The van der Waals surface area contributed by atoms with Crippen LogP contribution in [0.3, 0.4) is 0 Å². The van der Waals surface area contributed by atoms with Gasteiger partial charge in [-0.05, 0) is 53.0 Å². The highest BCUT2D eigenvalue weighted by atomic mass is 16.6. The monoisotopic (exact) mass is 405 g/mol. The molecule has 0 saturated carbocycles. The third-order valence-corrected chi connectivity index (χ3v) is 4.51. The molecule has 0 radical (unpaired) electrons. The second kappa shape index (κ2) is 10.9. The number of guanidine groups is 1. The fraction of sp³-hybridized carbons (Fsp3) is 0.667. The van der Waals surface area contributed by atoms with Gasteiger partial charge >= 0.3 is 6.09 Å². The van der Waals surface area contributed by atoms with Gasteiger partial charge in [0.2, 0.25) is 5.56 Å². The molecule has 1 aliphatic rings.